The molecule has 6 heteroatoms. The molecule has 1 atom stereocenters. The molecule has 0 radical (unpaired) electrons. The zero-order valence-corrected chi connectivity index (χ0v) is 11.4. The van der Waals surface area contributed by atoms with E-state index in [1.54, 1.807) is 0 Å². The van der Waals surface area contributed by atoms with Crippen molar-refractivity contribution in [2.75, 3.05) is 13.7 Å². The Hall–Kier alpha value is -1.59. The molecule has 1 unspecified atom stereocenters. The molecule has 0 saturated carbocycles. The van der Waals surface area contributed by atoms with E-state index in [1.165, 1.54) is 14.0 Å². The van der Waals surface area contributed by atoms with Crippen LogP contribution in [0.2, 0.25) is 0 Å². The molecule has 0 aromatic carbocycles. The Morgan fingerprint density at radius 3 is 2.28 bits per heavy atom. The summed E-state index contributed by atoms with van der Waals surface area (Å²) in [5, 5.41) is 5.13. The number of hydrogen-bond acceptors (Lipinski definition) is 4. The molecule has 0 spiro atoms. The van der Waals surface area contributed by atoms with E-state index in [0.717, 1.165) is 0 Å². The molecular weight excluding hydrogens is 236 g/mol. The lowest BCUT2D eigenvalue weighted by Crippen LogP contribution is -2.43. The van der Waals surface area contributed by atoms with Gasteiger partial charge in [-0.2, -0.15) is 0 Å². The summed E-state index contributed by atoms with van der Waals surface area (Å²) in [6.45, 7) is 5.56. The maximum atomic E-state index is 11.6. The van der Waals surface area contributed by atoms with Gasteiger partial charge in [0.05, 0.1) is 7.11 Å². The molecule has 18 heavy (non-hydrogen) atoms. The number of rotatable bonds is 7. The van der Waals surface area contributed by atoms with Crippen LogP contribution in [-0.4, -0.2) is 37.5 Å². The molecule has 0 aliphatic heterocycles. The molecule has 2 N–H and O–H groups in total. The number of ether oxygens (including phenoxy) is 1. The number of esters is 1. The Balaban J connectivity index is 4.18. The van der Waals surface area contributed by atoms with Gasteiger partial charge in [-0.25, -0.2) is 4.79 Å². The van der Waals surface area contributed by atoms with E-state index in [4.69, 9.17) is 0 Å². The van der Waals surface area contributed by atoms with Gasteiger partial charge in [0.15, 0.2) is 0 Å². The Bertz CT molecular complexity index is 302. The summed E-state index contributed by atoms with van der Waals surface area (Å²) in [6.07, 6.45) is 0.670. The standard InChI is InChI=1S/C12H22N2O4/c1-8(2)7-10(12(17)18-4)14-11(16)5-6-13-9(3)15/h8,10H,5-7H2,1-4H3,(H,13,15)(H,14,16). The van der Waals surface area contributed by atoms with Gasteiger partial charge in [-0.3, -0.25) is 9.59 Å². The van der Waals surface area contributed by atoms with Crippen molar-refractivity contribution in [3.63, 3.8) is 0 Å². The van der Waals surface area contributed by atoms with Gasteiger partial charge in [0.1, 0.15) is 6.04 Å². The third kappa shape index (κ3) is 7.65. The first-order valence-electron chi connectivity index (χ1n) is 5.98. The van der Waals surface area contributed by atoms with Gasteiger partial charge in [-0.05, 0) is 12.3 Å². The second kappa shape index (κ2) is 8.49. The van der Waals surface area contributed by atoms with Crippen molar-refractivity contribution in [2.45, 2.75) is 39.7 Å². The van der Waals surface area contributed by atoms with E-state index in [9.17, 15) is 14.4 Å². The van der Waals surface area contributed by atoms with Crippen LogP contribution in [-0.2, 0) is 19.1 Å². The van der Waals surface area contributed by atoms with Crippen molar-refractivity contribution >= 4 is 17.8 Å². The lowest BCUT2D eigenvalue weighted by molar-refractivity contribution is -0.145. The van der Waals surface area contributed by atoms with Crippen LogP contribution < -0.4 is 10.6 Å². The number of amides is 2. The molecular formula is C12H22N2O4. The van der Waals surface area contributed by atoms with Gasteiger partial charge in [0, 0.05) is 19.9 Å². The van der Waals surface area contributed by atoms with Crippen LogP contribution in [0, 0.1) is 5.92 Å². The summed E-state index contributed by atoms with van der Waals surface area (Å²) in [6, 6.07) is -0.625. The van der Waals surface area contributed by atoms with E-state index >= 15 is 0 Å². The average molecular weight is 258 g/mol. The van der Waals surface area contributed by atoms with Gasteiger partial charge < -0.3 is 15.4 Å². The second-order valence-electron chi connectivity index (χ2n) is 4.51. The smallest absolute Gasteiger partial charge is 0.328 e. The summed E-state index contributed by atoms with van der Waals surface area (Å²) in [4.78, 5) is 33.7. The van der Waals surface area contributed by atoms with Crippen molar-refractivity contribution in [1.29, 1.82) is 0 Å². The van der Waals surface area contributed by atoms with Gasteiger partial charge in [0.2, 0.25) is 11.8 Å². The van der Waals surface area contributed by atoms with Crippen molar-refractivity contribution in [1.82, 2.24) is 10.6 Å². The summed E-state index contributed by atoms with van der Waals surface area (Å²) >= 11 is 0. The molecule has 0 aliphatic carbocycles. The van der Waals surface area contributed by atoms with Gasteiger partial charge in [-0.15, -0.1) is 0 Å². The Morgan fingerprint density at radius 1 is 1.22 bits per heavy atom. The number of methoxy groups -OCH3 is 1. The third-order valence-electron chi connectivity index (χ3n) is 2.25. The van der Waals surface area contributed by atoms with E-state index in [1.807, 2.05) is 13.8 Å². The zero-order valence-electron chi connectivity index (χ0n) is 11.4. The number of carbonyl (C=O) groups is 3. The van der Waals surface area contributed by atoms with Crippen LogP contribution >= 0.6 is 0 Å². The predicted octanol–water partition coefficient (Wildman–Crippen LogP) is 0.217. The van der Waals surface area contributed by atoms with Gasteiger partial charge in [0.25, 0.3) is 0 Å². The first-order valence-corrected chi connectivity index (χ1v) is 5.98. The van der Waals surface area contributed by atoms with Crippen molar-refractivity contribution < 1.29 is 19.1 Å². The Kier molecular flexibility index (Phi) is 7.74. The monoisotopic (exact) mass is 258 g/mol. The molecule has 0 aliphatic rings. The number of nitrogens with one attached hydrogen (secondary N) is 2. The fourth-order valence-corrected chi connectivity index (χ4v) is 1.45. The third-order valence-corrected chi connectivity index (χ3v) is 2.25. The zero-order chi connectivity index (χ0) is 14.1. The van der Waals surface area contributed by atoms with Gasteiger partial charge in [-0.1, -0.05) is 13.8 Å². The molecule has 0 heterocycles. The summed E-state index contributed by atoms with van der Waals surface area (Å²) in [5.74, 6) is -0.643. The molecule has 0 bridgehead atoms. The van der Waals surface area contributed by atoms with Crippen LogP contribution in [0.25, 0.3) is 0 Å². The predicted molar refractivity (Wildman–Crippen MR) is 66.7 cm³/mol. The fourth-order valence-electron chi connectivity index (χ4n) is 1.45. The van der Waals surface area contributed by atoms with Gasteiger partial charge >= 0.3 is 5.97 Å². The molecule has 0 aromatic rings. The normalized spacial score (nSPS) is 11.8. The lowest BCUT2D eigenvalue weighted by atomic mass is 10.0. The minimum atomic E-state index is -0.625. The largest absolute Gasteiger partial charge is 0.467 e. The topological polar surface area (TPSA) is 84.5 Å². The van der Waals surface area contributed by atoms with Crippen molar-refractivity contribution in [3.05, 3.63) is 0 Å². The van der Waals surface area contributed by atoms with Crippen LogP contribution in [0.15, 0.2) is 0 Å². The second-order valence-corrected chi connectivity index (χ2v) is 4.51. The quantitative estimate of drug-likeness (QED) is 0.640. The molecule has 104 valence electrons. The van der Waals surface area contributed by atoms with E-state index in [0.29, 0.717) is 6.42 Å². The highest BCUT2D eigenvalue weighted by molar-refractivity contribution is 5.84. The highest BCUT2D eigenvalue weighted by Crippen LogP contribution is 2.06. The first kappa shape index (κ1) is 16.4. The maximum Gasteiger partial charge on any atom is 0.328 e. The minimum Gasteiger partial charge on any atom is -0.467 e. The van der Waals surface area contributed by atoms with E-state index < -0.39 is 12.0 Å². The maximum absolute atomic E-state index is 11.6. The molecule has 0 rings (SSSR count). The first-order chi connectivity index (χ1) is 8.36. The summed E-state index contributed by atoms with van der Waals surface area (Å²) < 4.78 is 4.63. The molecule has 6 nitrogen and oxygen atoms in total. The van der Waals surface area contributed by atoms with Crippen molar-refractivity contribution in [2.24, 2.45) is 5.92 Å². The fraction of sp³-hybridized carbons (Fsp3) is 0.750. The number of hydrogen-bond donors (Lipinski definition) is 2. The summed E-state index contributed by atoms with van der Waals surface area (Å²) in [7, 11) is 1.29. The Morgan fingerprint density at radius 2 is 1.83 bits per heavy atom. The molecule has 0 saturated heterocycles. The SMILES string of the molecule is COC(=O)C(CC(C)C)NC(=O)CCNC(C)=O. The van der Waals surface area contributed by atoms with Crippen LogP contribution in [0.1, 0.15) is 33.6 Å². The summed E-state index contributed by atoms with van der Waals surface area (Å²) in [5.41, 5.74) is 0. The minimum absolute atomic E-state index is 0.144. The molecule has 0 aromatic heterocycles. The van der Waals surface area contributed by atoms with E-state index in [-0.39, 0.29) is 30.7 Å². The highest BCUT2D eigenvalue weighted by atomic mass is 16.5. The van der Waals surface area contributed by atoms with Crippen LogP contribution in [0.5, 0.6) is 0 Å². The number of carbonyl (C=O) groups excluding carboxylic acids is 3. The average Bonchev–Trinajstić information content (AvgIpc) is 2.25. The van der Waals surface area contributed by atoms with Crippen LogP contribution in [0.3, 0.4) is 0 Å². The Labute approximate surface area is 107 Å². The molecule has 2 amide bonds. The van der Waals surface area contributed by atoms with E-state index in [2.05, 4.69) is 15.4 Å². The van der Waals surface area contributed by atoms with Crippen molar-refractivity contribution in [3.8, 4) is 0 Å². The lowest BCUT2D eigenvalue weighted by Gasteiger charge is -2.18. The molecule has 0 fully saturated rings. The van der Waals surface area contributed by atoms with Crippen LogP contribution in [0.4, 0.5) is 0 Å². The highest BCUT2D eigenvalue weighted by Gasteiger charge is 2.22.